The summed E-state index contributed by atoms with van der Waals surface area (Å²) in [6.45, 7) is 0.955. The number of aryl methyl sites for hydroxylation is 1. The number of H-pyrrole nitrogens is 1. The second kappa shape index (κ2) is 2.52. The van der Waals surface area contributed by atoms with Crippen LogP contribution in [0.2, 0.25) is 0 Å². The van der Waals surface area contributed by atoms with Gasteiger partial charge in [-0.25, -0.2) is 0 Å². The molecule has 0 aliphatic carbocycles. The first-order valence-electron chi connectivity index (χ1n) is 3.76. The van der Waals surface area contributed by atoms with Crippen LogP contribution in [-0.4, -0.2) is 9.78 Å². The lowest BCUT2D eigenvalue weighted by Gasteiger charge is -2.13. The first-order chi connectivity index (χ1) is 5.29. The van der Waals surface area contributed by atoms with E-state index >= 15 is 0 Å². The summed E-state index contributed by atoms with van der Waals surface area (Å²) in [5, 5.41) is 2.78. The predicted molar refractivity (Wildman–Crippen MR) is 45.7 cm³/mol. The third-order valence-corrected chi connectivity index (χ3v) is 2.88. The van der Waals surface area contributed by atoms with Crippen LogP contribution in [0.1, 0.15) is 18.5 Å². The van der Waals surface area contributed by atoms with Crippen molar-refractivity contribution in [3.8, 4) is 0 Å². The molecule has 60 valence electrons. The van der Waals surface area contributed by atoms with Gasteiger partial charge in [-0.05, 0) is 35.2 Å². The molecule has 1 aromatic rings. The van der Waals surface area contributed by atoms with E-state index in [4.69, 9.17) is 0 Å². The van der Waals surface area contributed by atoms with E-state index in [0.717, 1.165) is 23.1 Å². The molecule has 1 N–H and O–H groups in total. The van der Waals surface area contributed by atoms with E-state index in [1.807, 2.05) is 4.68 Å². The number of aromatic nitrogens is 2. The number of halogens is 1. The van der Waals surface area contributed by atoms with Crippen LogP contribution in [0.15, 0.2) is 9.27 Å². The number of hydrogen-bond donors (Lipinski definition) is 1. The van der Waals surface area contributed by atoms with Crippen LogP contribution in [0, 0.1) is 0 Å². The first kappa shape index (κ1) is 7.16. The van der Waals surface area contributed by atoms with E-state index in [-0.39, 0.29) is 5.56 Å². The van der Waals surface area contributed by atoms with E-state index in [2.05, 4.69) is 21.0 Å². The first-order valence-corrected chi connectivity index (χ1v) is 4.55. The van der Waals surface area contributed by atoms with Crippen LogP contribution in [0.5, 0.6) is 0 Å². The van der Waals surface area contributed by atoms with Gasteiger partial charge in [0.1, 0.15) is 4.47 Å². The number of rotatable bonds is 0. The highest BCUT2D eigenvalue weighted by Gasteiger charge is 2.14. The largest absolute Gasteiger partial charge is 0.288 e. The minimum Gasteiger partial charge on any atom is -0.288 e. The van der Waals surface area contributed by atoms with Gasteiger partial charge in [0.15, 0.2) is 0 Å². The zero-order valence-corrected chi connectivity index (χ0v) is 7.65. The number of nitrogens with zero attached hydrogens (tertiary/aromatic N) is 1. The molecule has 0 saturated carbocycles. The molecule has 0 saturated heterocycles. The molecule has 0 atom stereocenters. The molecule has 0 bridgehead atoms. The molecule has 2 heterocycles. The summed E-state index contributed by atoms with van der Waals surface area (Å²) in [5.41, 5.74) is 1.13. The van der Waals surface area contributed by atoms with Crippen molar-refractivity contribution in [2.45, 2.75) is 25.8 Å². The maximum Gasteiger partial charge on any atom is 0.278 e. The SMILES string of the molecule is O=c1[nH]n2c(c1Br)CCCC2. The fraction of sp³-hybridized carbons (Fsp3) is 0.571. The zero-order chi connectivity index (χ0) is 7.84. The molecule has 11 heavy (non-hydrogen) atoms. The Morgan fingerprint density at radius 3 is 3.00 bits per heavy atom. The van der Waals surface area contributed by atoms with Crippen LogP contribution in [-0.2, 0) is 13.0 Å². The Labute approximate surface area is 72.5 Å². The summed E-state index contributed by atoms with van der Waals surface area (Å²) < 4.78 is 2.66. The Hall–Kier alpha value is -0.510. The molecule has 0 aromatic carbocycles. The van der Waals surface area contributed by atoms with Gasteiger partial charge in [-0.15, -0.1) is 0 Å². The quantitative estimate of drug-likeness (QED) is 0.698. The summed E-state index contributed by atoms with van der Waals surface area (Å²) in [7, 11) is 0. The molecule has 1 aromatic heterocycles. The fourth-order valence-electron chi connectivity index (χ4n) is 1.49. The van der Waals surface area contributed by atoms with Crippen LogP contribution in [0.4, 0.5) is 0 Å². The summed E-state index contributed by atoms with van der Waals surface area (Å²) in [6.07, 6.45) is 3.37. The average Bonchev–Trinajstić information content (AvgIpc) is 2.30. The Kier molecular flexibility index (Phi) is 1.64. The van der Waals surface area contributed by atoms with E-state index in [1.165, 1.54) is 12.8 Å². The van der Waals surface area contributed by atoms with E-state index < -0.39 is 0 Å². The molecule has 0 fully saturated rings. The second-order valence-corrected chi connectivity index (χ2v) is 3.60. The highest BCUT2D eigenvalue weighted by Crippen LogP contribution is 2.18. The van der Waals surface area contributed by atoms with Gasteiger partial charge >= 0.3 is 0 Å². The third-order valence-electron chi connectivity index (χ3n) is 2.06. The van der Waals surface area contributed by atoms with Crippen LogP contribution >= 0.6 is 15.9 Å². The van der Waals surface area contributed by atoms with Gasteiger partial charge < -0.3 is 0 Å². The van der Waals surface area contributed by atoms with Gasteiger partial charge in [-0.3, -0.25) is 14.6 Å². The molecule has 0 unspecified atom stereocenters. The number of aromatic amines is 1. The van der Waals surface area contributed by atoms with Crippen molar-refractivity contribution in [3.05, 3.63) is 20.5 Å². The highest BCUT2D eigenvalue weighted by atomic mass is 79.9. The fourth-order valence-corrected chi connectivity index (χ4v) is 1.99. The molecule has 1 aliphatic heterocycles. The Balaban J connectivity index is 2.59. The van der Waals surface area contributed by atoms with Crippen molar-refractivity contribution < 1.29 is 0 Å². The number of nitrogens with one attached hydrogen (secondary N) is 1. The average molecular weight is 217 g/mol. The van der Waals surface area contributed by atoms with Crippen molar-refractivity contribution in [2.75, 3.05) is 0 Å². The normalized spacial score (nSPS) is 16.5. The number of hydrogen-bond acceptors (Lipinski definition) is 1. The smallest absolute Gasteiger partial charge is 0.278 e. The maximum absolute atomic E-state index is 11.1. The van der Waals surface area contributed by atoms with Crippen molar-refractivity contribution in [2.24, 2.45) is 0 Å². The monoisotopic (exact) mass is 216 g/mol. The van der Waals surface area contributed by atoms with Gasteiger partial charge in [-0.1, -0.05) is 0 Å². The molecule has 0 spiro atoms. The molecule has 1 aliphatic rings. The van der Waals surface area contributed by atoms with Crippen LogP contribution < -0.4 is 5.56 Å². The molecule has 4 heteroatoms. The van der Waals surface area contributed by atoms with Crippen molar-refractivity contribution in [1.82, 2.24) is 9.78 Å². The van der Waals surface area contributed by atoms with Crippen molar-refractivity contribution in [3.63, 3.8) is 0 Å². The Bertz CT molecular complexity index is 326. The standard InChI is InChI=1S/C7H9BrN2O/c8-6-5-3-1-2-4-10(5)9-7(6)11/h1-4H2,(H,9,11). The molecular formula is C7H9BrN2O. The second-order valence-electron chi connectivity index (χ2n) is 2.81. The highest BCUT2D eigenvalue weighted by molar-refractivity contribution is 9.10. The van der Waals surface area contributed by atoms with Gasteiger partial charge in [0.05, 0.1) is 5.69 Å². The molecule has 3 nitrogen and oxygen atoms in total. The Morgan fingerprint density at radius 2 is 2.27 bits per heavy atom. The topological polar surface area (TPSA) is 37.8 Å². The van der Waals surface area contributed by atoms with E-state index in [1.54, 1.807) is 0 Å². The lowest BCUT2D eigenvalue weighted by Crippen LogP contribution is -2.12. The van der Waals surface area contributed by atoms with Gasteiger partial charge in [0.25, 0.3) is 5.56 Å². The summed E-state index contributed by atoms with van der Waals surface area (Å²) in [6, 6.07) is 0. The lowest BCUT2D eigenvalue weighted by molar-refractivity contribution is 0.483. The molecule has 0 radical (unpaired) electrons. The molecule has 0 amide bonds. The van der Waals surface area contributed by atoms with Gasteiger partial charge in [0.2, 0.25) is 0 Å². The zero-order valence-electron chi connectivity index (χ0n) is 6.06. The maximum atomic E-state index is 11.1. The molecule has 2 rings (SSSR count). The molecular weight excluding hydrogens is 208 g/mol. The van der Waals surface area contributed by atoms with Crippen LogP contribution in [0.3, 0.4) is 0 Å². The Morgan fingerprint density at radius 1 is 1.45 bits per heavy atom. The lowest BCUT2D eigenvalue weighted by atomic mass is 10.1. The number of fused-ring (bicyclic) bond motifs is 1. The van der Waals surface area contributed by atoms with E-state index in [0.29, 0.717) is 0 Å². The minimum atomic E-state index is 0.00176. The third kappa shape index (κ3) is 1.05. The summed E-state index contributed by atoms with van der Waals surface area (Å²) in [5.74, 6) is 0. The van der Waals surface area contributed by atoms with Crippen LogP contribution in [0.25, 0.3) is 0 Å². The van der Waals surface area contributed by atoms with Gasteiger partial charge in [0, 0.05) is 6.54 Å². The van der Waals surface area contributed by atoms with Crippen molar-refractivity contribution >= 4 is 15.9 Å². The minimum absolute atomic E-state index is 0.00176. The summed E-state index contributed by atoms with van der Waals surface area (Å²) in [4.78, 5) is 11.1. The predicted octanol–water partition coefficient (Wildman–Crippen LogP) is 1.28. The summed E-state index contributed by atoms with van der Waals surface area (Å²) >= 11 is 3.27. The van der Waals surface area contributed by atoms with E-state index in [9.17, 15) is 4.79 Å². The van der Waals surface area contributed by atoms with Crippen molar-refractivity contribution in [1.29, 1.82) is 0 Å². The van der Waals surface area contributed by atoms with Gasteiger partial charge in [-0.2, -0.15) is 0 Å².